The van der Waals surface area contributed by atoms with Crippen molar-refractivity contribution >= 4 is 72.9 Å². The number of aryl methyl sites for hydroxylation is 1. The normalized spacial score (nSPS) is 13.4. The zero-order chi connectivity index (χ0) is 26.8. The van der Waals surface area contributed by atoms with Crippen LogP contribution in [0.1, 0.15) is 5.56 Å². The van der Waals surface area contributed by atoms with E-state index in [0.717, 1.165) is 21.9 Å². The number of hydrogen-bond donors (Lipinski definition) is 0. The lowest BCUT2D eigenvalue weighted by Gasteiger charge is -2.42. The molecule has 0 aliphatic carbocycles. The average Bonchev–Trinajstić information content (AvgIpc) is 3.56. The van der Waals surface area contributed by atoms with Gasteiger partial charge < -0.3 is 13.8 Å². The fourth-order valence-electron chi connectivity index (χ4n) is 7.68. The van der Waals surface area contributed by atoms with Gasteiger partial charge in [0.2, 0.25) is 0 Å². The lowest BCUT2D eigenvalue weighted by molar-refractivity contribution is 0.669. The smallest absolute Gasteiger partial charge is 0.333 e. The van der Waals surface area contributed by atoms with Gasteiger partial charge in [0.25, 0.3) is 0 Å². The molecule has 190 valence electrons. The van der Waals surface area contributed by atoms with Gasteiger partial charge in [0.1, 0.15) is 11.2 Å². The van der Waals surface area contributed by atoms with E-state index >= 15 is 0 Å². The summed E-state index contributed by atoms with van der Waals surface area (Å²) in [6, 6.07) is 44.1. The first-order valence-electron chi connectivity index (χ1n) is 14.2. The molecule has 0 N–H and O–H groups in total. The molecule has 41 heavy (non-hydrogen) atoms. The fourth-order valence-corrected chi connectivity index (χ4v) is 7.68. The molecule has 0 bridgehead atoms. The van der Waals surface area contributed by atoms with Gasteiger partial charge in [-0.15, -0.1) is 0 Å². The molecule has 8 aromatic rings. The van der Waals surface area contributed by atoms with Gasteiger partial charge in [0.15, 0.2) is 0 Å². The van der Waals surface area contributed by atoms with Crippen LogP contribution in [0.4, 0.5) is 11.4 Å². The highest BCUT2D eigenvalue weighted by Gasteiger charge is 2.43. The molecule has 0 spiro atoms. The third-order valence-electron chi connectivity index (χ3n) is 9.26. The maximum Gasteiger partial charge on any atom is 0.333 e. The third kappa shape index (κ3) is 2.61. The van der Waals surface area contributed by atoms with Crippen molar-refractivity contribution in [1.29, 1.82) is 0 Å². The number of benzene rings is 6. The summed E-state index contributed by atoms with van der Waals surface area (Å²) >= 11 is 0. The number of para-hydroxylation sites is 4. The van der Waals surface area contributed by atoms with Gasteiger partial charge in [-0.25, -0.2) is 0 Å². The van der Waals surface area contributed by atoms with Crippen LogP contribution in [-0.2, 0) is 0 Å². The summed E-state index contributed by atoms with van der Waals surface area (Å²) in [5.41, 5.74) is 14.7. The number of rotatable bonds is 1. The van der Waals surface area contributed by atoms with Crippen molar-refractivity contribution in [3.8, 4) is 16.8 Å². The Bertz CT molecular complexity index is 2400. The second kappa shape index (κ2) is 7.49. The van der Waals surface area contributed by atoms with E-state index in [1.165, 1.54) is 66.5 Å². The summed E-state index contributed by atoms with van der Waals surface area (Å²) in [4.78, 5) is 2.55. The monoisotopic (exact) mass is 522 g/mol. The Morgan fingerprint density at radius 3 is 2.27 bits per heavy atom. The van der Waals surface area contributed by atoms with Crippen molar-refractivity contribution in [2.24, 2.45) is 0 Å². The predicted molar refractivity (Wildman–Crippen MR) is 172 cm³/mol. The Hall–Kier alpha value is -5.22. The van der Waals surface area contributed by atoms with E-state index in [0.29, 0.717) is 0 Å². The molecule has 0 saturated heterocycles. The highest BCUT2D eigenvalue weighted by Crippen LogP contribution is 2.46. The lowest BCUT2D eigenvalue weighted by atomic mass is 9.44. The lowest BCUT2D eigenvalue weighted by Crippen LogP contribution is -2.60. The van der Waals surface area contributed by atoms with Gasteiger partial charge in [0, 0.05) is 44.2 Å². The van der Waals surface area contributed by atoms with Gasteiger partial charge in [-0.3, -0.25) is 0 Å². The van der Waals surface area contributed by atoms with E-state index < -0.39 is 0 Å². The molecule has 3 nitrogen and oxygen atoms in total. The van der Waals surface area contributed by atoms with E-state index in [4.69, 9.17) is 4.42 Å². The van der Waals surface area contributed by atoms with E-state index in [1.807, 2.05) is 6.07 Å². The van der Waals surface area contributed by atoms with Crippen LogP contribution in [0.25, 0.3) is 60.6 Å². The van der Waals surface area contributed by atoms with Crippen LogP contribution in [0.3, 0.4) is 0 Å². The molecule has 2 aromatic heterocycles. The minimum absolute atomic E-state index is 0.0576. The van der Waals surface area contributed by atoms with Crippen LogP contribution in [0.15, 0.2) is 126 Å². The standard InChI is InChI=1S/C37H23BN2O/c1-22-19-27-24-13-5-8-16-30(24)40(23-11-3-2-4-12-23)38-29-15-7-9-17-31(29)39-32-20-26-25-14-6-10-18-33(25)41-34(26)21-28(32)35(22)37(39)36(27)38/h2-21H,1H3. The predicted octanol–water partition coefficient (Wildman–Crippen LogP) is 8.23. The van der Waals surface area contributed by atoms with Crippen LogP contribution < -0.4 is 15.7 Å². The molecular formula is C37H23BN2O. The van der Waals surface area contributed by atoms with Crippen molar-refractivity contribution in [2.45, 2.75) is 6.92 Å². The number of furan rings is 1. The molecule has 0 fully saturated rings. The van der Waals surface area contributed by atoms with Crippen molar-refractivity contribution in [3.63, 3.8) is 0 Å². The molecule has 0 amide bonds. The highest BCUT2D eigenvalue weighted by molar-refractivity contribution is 6.93. The first-order valence-corrected chi connectivity index (χ1v) is 14.2. The molecule has 0 radical (unpaired) electrons. The first-order chi connectivity index (χ1) is 20.3. The molecule has 4 heteroatoms. The highest BCUT2D eigenvalue weighted by atomic mass is 16.3. The molecule has 4 heterocycles. The minimum Gasteiger partial charge on any atom is -0.456 e. The van der Waals surface area contributed by atoms with Crippen LogP contribution in [-0.4, -0.2) is 11.4 Å². The maximum atomic E-state index is 6.39. The molecule has 2 aliphatic heterocycles. The number of nitrogens with zero attached hydrogens (tertiary/aromatic N) is 2. The van der Waals surface area contributed by atoms with Crippen molar-refractivity contribution in [1.82, 2.24) is 4.57 Å². The first kappa shape index (κ1) is 21.6. The Balaban J connectivity index is 1.44. The van der Waals surface area contributed by atoms with E-state index in [-0.39, 0.29) is 6.85 Å². The van der Waals surface area contributed by atoms with Crippen molar-refractivity contribution in [3.05, 3.63) is 127 Å². The second-order valence-electron chi connectivity index (χ2n) is 11.4. The summed E-state index contributed by atoms with van der Waals surface area (Å²) in [5, 5.41) is 4.88. The third-order valence-corrected chi connectivity index (χ3v) is 9.26. The summed E-state index contributed by atoms with van der Waals surface area (Å²) in [5.74, 6) is 0. The minimum atomic E-state index is 0.0576. The quantitative estimate of drug-likeness (QED) is 0.203. The van der Waals surface area contributed by atoms with Gasteiger partial charge in [-0.1, -0.05) is 78.9 Å². The Labute approximate surface area is 237 Å². The number of hydrogen-bond acceptors (Lipinski definition) is 2. The van der Waals surface area contributed by atoms with Crippen molar-refractivity contribution in [2.75, 3.05) is 4.81 Å². The van der Waals surface area contributed by atoms with Gasteiger partial charge in [-0.2, -0.15) is 0 Å². The van der Waals surface area contributed by atoms with E-state index in [2.05, 4.69) is 132 Å². The van der Waals surface area contributed by atoms with Crippen molar-refractivity contribution < 1.29 is 4.42 Å². The van der Waals surface area contributed by atoms with Gasteiger partial charge in [0.05, 0.1) is 11.0 Å². The van der Waals surface area contributed by atoms with Crippen LogP contribution in [0.5, 0.6) is 0 Å². The number of fused-ring (bicyclic) bond motifs is 11. The van der Waals surface area contributed by atoms with Crippen LogP contribution in [0, 0.1) is 6.92 Å². The summed E-state index contributed by atoms with van der Waals surface area (Å²) < 4.78 is 8.92. The summed E-state index contributed by atoms with van der Waals surface area (Å²) in [6.07, 6.45) is 0. The number of aromatic nitrogens is 1. The maximum absolute atomic E-state index is 6.39. The topological polar surface area (TPSA) is 21.3 Å². The van der Waals surface area contributed by atoms with E-state index in [1.54, 1.807) is 0 Å². The molecule has 0 atom stereocenters. The SMILES string of the molecule is Cc1cc2c3c4c1c1cc5oc6ccccc6c5cc1n4-c1ccccc1B3N(c1ccccc1)c1ccccc1-2. The number of anilines is 2. The molecular weight excluding hydrogens is 499 g/mol. The molecule has 6 aromatic carbocycles. The zero-order valence-corrected chi connectivity index (χ0v) is 22.4. The van der Waals surface area contributed by atoms with Gasteiger partial charge in [-0.05, 0) is 71.4 Å². The van der Waals surface area contributed by atoms with E-state index in [9.17, 15) is 0 Å². The molecule has 10 rings (SSSR count). The zero-order valence-electron chi connectivity index (χ0n) is 22.4. The van der Waals surface area contributed by atoms with Crippen LogP contribution in [0.2, 0.25) is 0 Å². The fraction of sp³-hybridized carbons (Fsp3) is 0.0270. The largest absolute Gasteiger partial charge is 0.456 e. The average molecular weight is 522 g/mol. The molecule has 0 unspecified atom stereocenters. The Morgan fingerprint density at radius 2 is 1.37 bits per heavy atom. The summed E-state index contributed by atoms with van der Waals surface area (Å²) in [6.45, 7) is 2.33. The Kier molecular flexibility index (Phi) is 3.95. The Morgan fingerprint density at radius 1 is 0.610 bits per heavy atom. The molecule has 2 aliphatic rings. The molecule has 0 saturated carbocycles. The van der Waals surface area contributed by atoms with Gasteiger partial charge >= 0.3 is 6.85 Å². The summed E-state index contributed by atoms with van der Waals surface area (Å²) in [7, 11) is 0. The second-order valence-corrected chi connectivity index (χ2v) is 11.4. The van der Waals surface area contributed by atoms with Crippen LogP contribution >= 0.6 is 0 Å².